The third kappa shape index (κ3) is 3.35. The van der Waals surface area contributed by atoms with Gasteiger partial charge in [-0.1, -0.05) is 0 Å². The van der Waals surface area contributed by atoms with Gasteiger partial charge in [0, 0.05) is 11.8 Å². The molecule has 0 aliphatic rings. The minimum Gasteiger partial charge on any atom is -0.507 e. The minimum absolute atomic E-state index is 0.0336. The van der Waals surface area contributed by atoms with Gasteiger partial charge in [0.25, 0.3) is 5.69 Å². The zero-order chi connectivity index (χ0) is 24.9. The van der Waals surface area contributed by atoms with Gasteiger partial charge in [0.15, 0.2) is 0 Å². The maximum absolute atomic E-state index is 11.5. The molecule has 0 saturated heterocycles. The number of carbonyl (C=O) groups is 2. The summed E-state index contributed by atoms with van der Waals surface area (Å²) in [5, 5.41) is 73.5. The zero-order valence-corrected chi connectivity index (χ0v) is 16.8. The molecule has 0 unspecified atom stereocenters. The Labute approximate surface area is 188 Å². The van der Waals surface area contributed by atoms with Crippen LogP contribution < -0.4 is 5.32 Å². The van der Waals surface area contributed by atoms with Gasteiger partial charge in [0.05, 0.1) is 37.9 Å². The number of nitro groups is 1. The van der Waals surface area contributed by atoms with Gasteiger partial charge < -0.3 is 36.0 Å². The molecule has 4 rings (SSSR count). The van der Waals surface area contributed by atoms with Gasteiger partial charge in [-0.15, -0.1) is 0 Å². The first kappa shape index (κ1) is 22.0. The van der Waals surface area contributed by atoms with Crippen LogP contribution in [0, 0.1) is 10.1 Å². The number of non-ortho nitro benzene ring substituents is 1. The maximum atomic E-state index is 11.5. The van der Waals surface area contributed by atoms with E-state index < -0.39 is 56.3 Å². The highest BCUT2D eigenvalue weighted by Gasteiger charge is 2.27. The highest BCUT2D eigenvalue weighted by molar-refractivity contribution is 6.20. The molecule has 7 N–H and O–H groups in total. The molecule has 0 aliphatic carbocycles. The third-order valence-electron chi connectivity index (χ3n) is 5.19. The van der Waals surface area contributed by atoms with E-state index in [0.29, 0.717) is 0 Å². The van der Waals surface area contributed by atoms with E-state index in [0.717, 1.165) is 36.4 Å². The van der Waals surface area contributed by atoms with Gasteiger partial charge in [-0.2, -0.15) is 0 Å². The van der Waals surface area contributed by atoms with Crippen molar-refractivity contribution in [1.82, 2.24) is 0 Å². The third-order valence-corrected chi connectivity index (χ3v) is 5.19. The summed E-state index contributed by atoms with van der Waals surface area (Å²) in [6.07, 6.45) is 0. The Morgan fingerprint density at radius 1 is 0.735 bits per heavy atom. The second-order valence-corrected chi connectivity index (χ2v) is 7.22. The molecule has 0 fully saturated rings. The molecule has 0 heterocycles. The van der Waals surface area contributed by atoms with E-state index in [2.05, 4.69) is 5.32 Å². The number of anilines is 2. The average molecular weight is 466 g/mol. The number of carboxylic acids is 2. The van der Waals surface area contributed by atoms with Gasteiger partial charge >= 0.3 is 11.9 Å². The van der Waals surface area contributed by atoms with Crippen LogP contribution in [0.5, 0.6) is 23.0 Å². The van der Waals surface area contributed by atoms with Crippen molar-refractivity contribution in [3.8, 4) is 23.0 Å². The Kier molecular flexibility index (Phi) is 4.97. The molecule has 12 nitrogen and oxygen atoms in total. The number of hydrogen-bond acceptors (Lipinski definition) is 9. The number of hydrogen-bond donors (Lipinski definition) is 7. The molecule has 0 atom stereocenters. The van der Waals surface area contributed by atoms with Crippen molar-refractivity contribution in [3.63, 3.8) is 0 Å². The van der Waals surface area contributed by atoms with Crippen molar-refractivity contribution in [2.45, 2.75) is 0 Å². The van der Waals surface area contributed by atoms with Gasteiger partial charge in [0.1, 0.15) is 28.4 Å². The largest absolute Gasteiger partial charge is 0.507 e. The number of carboxylic acid groups (broad SMARTS) is 2. The lowest BCUT2D eigenvalue weighted by Crippen LogP contribution is -2.04. The number of phenolic OH excluding ortho intramolecular Hbond substituents is 4. The monoisotopic (exact) mass is 466 g/mol. The van der Waals surface area contributed by atoms with E-state index in [9.17, 15) is 50.3 Å². The topological polar surface area (TPSA) is 211 Å². The summed E-state index contributed by atoms with van der Waals surface area (Å²) in [5.74, 6) is -5.45. The Balaban J connectivity index is 2.08. The van der Waals surface area contributed by atoms with Crippen molar-refractivity contribution in [1.29, 1.82) is 0 Å². The van der Waals surface area contributed by atoms with Gasteiger partial charge in [-0.25, -0.2) is 9.59 Å². The normalized spacial score (nSPS) is 10.9. The first-order chi connectivity index (χ1) is 16.0. The Hall–Kier alpha value is -5.26. The number of nitro benzene ring substituents is 1. The minimum atomic E-state index is -1.40. The van der Waals surface area contributed by atoms with Crippen LogP contribution >= 0.6 is 0 Å². The van der Waals surface area contributed by atoms with E-state index in [1.54, 1.807) is 0 Å². The molecular formula is C22H14N2O10. The molecule has 0 aromatic heterocycles. The lowest BCUT2D eigenvalue weighted by atomic mass is 9.96. The van der Waals surface area contributed by atoms with Crippen molar-refractivity contribution >= 4 is 50.5 Å². The zero-order valence-electron chi connectivity index (χ0n) is 16.8. The van der Waals surface area contributed by atoms with Crippen LogP contribution in [0.1, 0.15) is 20.7 Å². The number of aromatic hydroxyl groups is 4. The number of phenols is 4. The van der Waals surface area contributed by atoms with Crippen LogP contribution in [-0.4, -0.2) is 47.5 Å². The van der Waals surface area contributed by atoms with Crippen molar-refractivity contribution < 1.29 is 45.2 Å². The standard InChI is InChI=1S/C22H14N2O10/c25-13-3-1-11(23-10-6-8(21(29)30)5-9(7-10)22(31)32)15-17(13)20(28)18-14(26)4-2-12(24(33)34)16(18)19(15)27/h1-7,23,25-28H,(H,29,30)(H,31,32). The Morgan fingerprint density at radius 3 is 1.76 bits per heavy atom. The summed E-state index contributed by atoms with van der Waals surface area (Å²) in [4.78, 5) is 33.5. The molecule has 0 amide bonds. The van der Waals surface area contributed by atoms with Crippen LogP contribution in [0.15, 0.2) is 42.5 Å². The number of nitrogens with one attached hydrogen (secondary N) is 1. The van der Waals surface area contributed by atoms with Crippen LogP contribution in [0.25, 0.3) is 21.5 Å². The summed E-state index contributed by atoms with van der Waals surface area (Å²) < 4.78 is 0. The molecule has 0 aliphatic heterocycles. The number of aromatic carboxylic acids is 2. The summed E-state index contributed by atoms with van der Waals surface area (Å²) >= 11 is 0. The smallest absolute Gasteiger partial charge is 0.335 e. The van der Waals surface area contributed by atoms with Crippen LogP contribution in [0.3, 0.4) is 0 Å². The summed E-state index contributed by atoms with van der Waals surface area (Å²) in [6, 6.07) is 7.38. The quantitative estimate of drug-likeness (QED) is 0.0971. The lowest BCUT2D eigenvalue weighted by molar-refractivity contribution is -0.383. The number of rotatable bonds is 5. The second kappa shape index (κ2) is 7.70. The van der Waals surface area contributed by atoms with E-state index >= 15 is 0 Å². The molecule has 4 aromatic rings. The lowest BCUT2D eigenvalue weighted by Gasteiger charge is -2.17. The molecule has 34 heavy (non-hydrogen) atoms. The molecule has 0 saturated carbocycles. The predicted octanol–water partition coefficient (Wildman–Crippen LogP) is 3.86. The first-order valence-electron chi connectivity index (χ1n) is 9.39. The second-order valence-electron chi connectivity index (χ2n) is 7.22. The van der Waals surface area contributed by atoms with E-state index in [1.807, 2.05) is 0 Å². The molecule has 0 bridgehead atoms. The molecule has 0 spiro atoms. The predicted molar refractivity (Wildman–Crippen MR) is 118 cm³/mol. The SMILES string of the molecule is O=C(O)c1cc(Nc2ccc(O)c3c(O)c4c(O)ccc([N+](=O)[O-])c4c(O)c23)cc(C(=O)O)c1. The van der Waals surface area contributed by atoms with E-state index in [4.69, 9.17) is 0 Å². The maximum Gasteiger partial charge on any atom is 0.335 e. The van der Waals surface area contributed by atoms with E-state index in [-0.39, 0.29) is 33.3 Å². The van der Waals surface area contributed by atoms with Gasteiger partial charge in [-0.05, 0) is 36.4 Å². The number of fused-ring (bicyclic) bond motifs is 2. The van der Waals surface area contributed by atoms with Crippen molar-refractivity contribution in [2.24, 2.45) is 0 Å². The van der Waals surface area contributed by atoms with Crippen LogP contribution in [-0.2, 0) is 0 Å². The fourth-order valence-corrected chi connectivity index (χ4v) is 3.75. The number of benzene rings is 4. The number of nitrogens with zero attached hydrogens (tertiary/aromatic N) is 1. The summed E-state index contributed by atoms with van der Waals surface area (Å²) in [7, 11) is 0. The molecule has 172 valence electrons. The summed E-state index contributed by atoms with van der Waals surface area (Å²) in [5.41, 5.74) is -1.45. The van der Waals surface area contributed by atoms with Crippen LogP contribution in [0.4, 0.5) is 17.1 Å². The van der Waals surface area contributed by atoms with E-state index in [1.165, 1.54) is 6.07 Å². The Bertz CT molecular complexity index is 1530. The van der Waals surface area contributed by atoms with Crippen molar-refractivity contribution in [2.75, 3.05) is 5.32 Å². The first-order valence-corrected chi connectivity index (χ1v) is 9.39. The van der Waals surface area contributed by atoms with Crippen LogP contribution in [0.2, 0.25) is 0 Å². The Morgan fingerprint density at radius 2 is 1.24 bits per heavy atom. The van der Waals surface area contributed by atoms with Gasteiger partial charge in [0.2, 0.25) is 0 Å². The summed E-state index contributed by atoms with van der Waals surface area (Å²) in [6.45, 7) is 0. The molecule has 4 aromatic carbocycles. The van der Waals surface area contributed by atoms with Gasteiger partial charge in [-0.3, -0.25) is 10.1 Å². The van der Waals surface area contributed by atoms with Crippen molar-refractivity contribution in [3.05, 3.63) is 63.7 Å². The highest BCUT2D eigenvalue weighted by atomic mass is 16.6. The molecule has 12 heteroatoms. The molecule has 0 radical (unpaired) electrons. The fourth-order valence-electron chi connectivity index (χ4n) is 3.75. The average Bonchev–Trinajstić information content (AvgIpc) is 2.77. The molecular weight excluding hydrogens is 452 g/mol. The highest BCUT2D eigenvalue weighted by Crippen LogP contribution is 2.52. The fraction of sp³-hybridized carbons (Fsp3) is 0.